The van der Waals surface area contributed by atoms with Gasteiger partial charge in [-0.25, -0.2) is 0 Å². The second-order valence-corrected chi connectivity index (χ2v) is 3.88. The fourth-order valence-corrected chi connectivity index (χ4v) is 1.80. The number of nitrogens with zero attached hydrogens (tertiary/aromatic N) is 2. The van der Waals surface area contributed by atoms with Crippen LogP contribution < -0.4 is 5.32 Å². The first-order chi connectivity index (χ1) is 6.86. The van der Waals surface area contributed by atoms with E-state index in [1.54, 1.807) is 0 Å². The highest BCUT2D eigenvalue weighted by molar-refractivity contribution is 5.84. The van der Waals surface area contributed by atoms with E-state index in [0.29, 0.717) is 0 Å². The molecule has 0 spiro atoms. The van der Waals surface area contributed by atoms with Gasteiger partial charge in [0, 0.05) is 13.1 Å². The Labute approximate surface area is 87.6 Å². The van der Waals surface area contributed by atoms with Crippen molar-refractivity contribution in [3.05, 3.63) is 0 Å². The van der Waals surface area contributed by atoms with Gasteiger partial charge in [0.1, 0.15) is 5.84 Å². The summed E-state index contributed by atoms with van der Waals surface area (Å²) in [6.45, 7) is 9.97. The molecule has 0 aromatic rings. The lowest BCUT2D eigenvalue weighted by Crippen LogP contribution is -2.40. The van der Waals surface area contributed by atoms with E-state index >= 15 is 0 Å². The Hall–Kier alpha value is -0.570. The molecule has 1 aliphatic rings. The third kappa shape index (κ3) is 4.09. The highest BCUT2D eigenvalue weighted by Gasteiger charge is 2.08. The second-order valence-electron chi connectivity index (χ2n) is 3.88. The van der Waals surface area contributed by atoms with Crippen molar-refractivity contribution in [2.45, 2.75) is 33.1 Å². The Balaban J connectivity index is 2.32. The molecule has 0 unspecified atom stereocenters. The average Bonchev–Trinajstić information content (AvgIpc) is 2.20. The molecular formula is C11H23N3. The van der Waals surface area contributed by atoms with Crippen molar-refractivity contribution in [1.29, 1.82) is 0 Å². The average molecular weight is 197 g/mol. The van der Waals surface area contributed by atoms with Crippen LogP contribution in [0, 0.1) is 0 Å². The van der Waals surface area contributed by atoms with Gasteiger partial charge in [0.2, 0.25) is 0 Å². The van der Waals surface area contributed by atoms with Crippen molar-refractivity contribution in [2.24, 2.45) is 4.99 Å². The maximum absolute atomic E-state index is 4.50. The van der Waals surface area contributed by atoms with Gasteiger partial charge >= 0.3 is 0 Å². The predicted octanol–water partition coefficient (Wildman–Crippen LogP) is 1.50. The van der Waals surface area contributed by atoms with Crippen LogP contribution in [-0.4, -0.2) is 43.5 Å². The van der Waals surface area contributed by atoms with E-state index in [1.807, 2.05) is 0 Å². The highest BCUT2D eigenvalue weighted by Crippen LogP contribution is 1.97. The fraction of sp³-hybridized carbons (Fsp3) is 0.909. The van der Waals surface area contributed by atoms with E-state index in [-0.39, 0.29) is 0 Å². The standard InChI is InChI=1S/C11H23N3/c1-3-8-14(9-4-2)10-11-12-6-5-7-13-11/h3-10H2,1-2H3,(H,12,13). The number of rotatable bonds is 6. The molecule has 1 heterocycles. The van der Waals surface area contributed by atoms with Crippen molar-refractivity contribution < 1.29 is 0 Å². The molecule has 1 N–H and O–H groups in total. The van der Waals surface area contributed by atoms with Crippen molar-refractivity contribution in [2.75, 3.05) is 32.7 Å². The molecule has 0 saturated carbocycles. The summed E-state index contributed by atoms with van der Waals surface area (Å²) in [5.41, 5.74) is 0. The summed E-state index contributed by atoms with van der Waals surface area (Å²) in [4.78, 5) is 6.98. The zero-order chi connectivity index (χ0) is 10.2. The lowest BCUT2D eigenvalue weighted by molar-refractivity contribution is 0.309. The van der Waals surface area contributed by atoms with E-state index in [4.69, 9.17) is 0 Å². The number of hydrogen-bond acceptors (Lipinski definition) is 3. The minimum Gasteiger partial charge on any atom is -0.373 e. The molecule has 0 aliphatic carbocycles. The zero-order valence-electron chi connectivity index (χ0n) is 9.55. The summed E-state index contributed by atoms with van der Waals surface area (Å²) in [7, 11) is 0. The Bertz CT molecular complexity index is 171. The van der Waals surface area contributed by atoms with Crippen molar-refractivity contribution >= 4 is 5.84 Å². The molecule has 3 nitrogen and oxygen atoms in total. The summed E-state index contributed by atoms with van der Waals surface area (Å²) >= 11 is 0. The van der Waals surface area contributed by atoms with Gasteiger partial charge in [-0.05, 0) is 32.4 Å². The topological polar surface area (TPSA) is 27.6 Å². The van der Waals surface area contributed by atoms with E-state index in [0.717, 1.165) is 19.6 Å². The molecule has 1 aliphatic heterocycles. The van der Waals surface area contributed by atoms with Crippen LogP contribution in [0.3, 0.4) is 0 Å². The summed E-state index contributed by atoms with van der Waals surface area (Å²) in [5, 5.41) is 3.37. The fourth-order valence-electron chi connectivity index (χ4n) is 1.80. The largest absolute Gasteiger partial charge is 0.373 e. The quantitative estimate of drug-likeness (QED) is 0.699. The molecule has 14 heavy (non-hydrogen) atoms. The Morgan fingerprint density at radius 1 is 1.29 bits per heavy atom. The Morgan fingerprint density at radius 2 is 2.00 bits per heavy atom. The predicted molar refractivity (Wildman–Crippen MR) is 61.9 cm³/mol. The normalized spacial score (nSPS) is 16.6. The summed E-state index contributed by atoms with van der Waals surface area (Å²) in [6.07, 6.45) is 3.64. The van der Waals surface area contributed by atoms with Gasteiger partial charge < -0.3 is 5.32 Å². The van der Waals surface area contributed by atoms with Gasteiger partial charge in [0.15, 0.2) is 0 Å². The van der Waals surface area contributed by atoms with Gasteiger partial charge in [0.05, 0.1) is 6.54 Å². The molecule has 0 fully saturated rings. The van der Waals surface area contributed by atoms with Crippen molar-refractivity contribution in [1.82, 2.24) is 10.2 Å². The third-order valence-corrected chi connectivity index (χ3v) is 2.42. The third-order valence-electron chi connectivity index (χ3n) is 2.42. The molecule has 0 bridgehead atoms. The molecule has 1 rings (SSSR count). The van der Waals surface area contributed by atoms with Crippen LogP contribution in [0.5, 0.6) is 0 Å². The molecule has 0 aromatic heterocycles. The van der Waals surface area contributed by atoms with E-state index < -0.39 is 0 Å². The number of nitrogens with one attached hydrogen (secondary N) is 1. The first-order valence-corrected chi connectivity index (χ1v) is 5.86. The zero-order valence-corrected chi connectivity index (χ0v) is 9.55. The van der Waals surface area contributed by atoms with Crippen LogP contribution in [0.15, 0.2) is 4.99 Å². The van der Waals surface area contributed by atoms with E-state index in [9.17, 15) is 0 Å². The van der Waals surface area contributed by atoms with E-state index in [2.05, 4.69) is 29.1 Å². The second kappa shape index (κ2) is 6.82. The lowest BCUT2D eigenvalue weighted by atomic mass is 10.3. The van der Waals surface area contributed by atoms with Crippen LogP contribution in [0.25, 0.3) is 0 Å². The van der Waals surface area contributed by atoms with Crippen LogP contribution in [0.4, 0.5) is 0 Å². The Morgan fingerprint density at radius 3 is 2.50 bits per heavy atom. The van der Waals surface area contributed by atoms with Gasteiger partial charge in [-0.15, -0.1) is 0 Å². The van der Waals surface area contributed by atoms with Crippen LogP contribution in [0.2, 0.25) is 0 Å². The number of hydrogen-bond donors (Lipinski definition) is 1. The summed E-state index contributed by atoms with van der Waals surface area (Å²) in [6, 6.07) is 0. The summed E-state index contributed by atoms with van der Waals surface area (Å²) < 4.78 is 0. The molecule has 82 valence electrons. The van der Waals surface area contributed by atoms with Crippen molar-refractivity contribution in [3.63, 3.8) is 0 Å². The van der Waals surface area contributed by atoms with Gasteiger partial charge in [-0.1, -0.05) is 13.8 Å². The molecule has 0 saturated heterocycles. The molecule has 0 amide bonds. The molecule has 0 aromatic carbocycles. The van der Waals surface area contributed by atoms with Crippen molar-refractivity contribution in [3.8, 4) is 0 Å². The van der Waals surface area contributed by atoms with Crippen LogP contribution >= 0.6 is 0 Å². The molecule has 0 atom stereocenters. The molecular weight excluding hydrogens is 174 g/mol. The van der Waals surface area contributed by atoms with Crippen LogP contribution in [0.1, 0.15) is 33.1 Å². The smallest absolute Gasteiger partial charge is 0.111 e. The van der Waals surface area contributed by atoms with E-state index in [1.165, 1.54) is 38.2 Å². The SMILES string of the molecule is CCCN(CCC)CC1=NCCCN1. The number of amidine groups is 1. The minimum atomic E-state index is 1.01. The van der Waals surface area contributed by atoms with Gasteiger partial charge in [0.25, 0.3) is 0 Å². The summed E-state index contributed by atoms with van der Waals surface area (Å²) in [5.74, 6) is 1.19. The maximum atomic E-state index is 4.50. The maximum Gasteiger partial charge on any atom is 0.111 e. The first-order valence-electron chi connectivity index (χ1n) is 5.86. The molecule has 3 heteroatoms. The Kier molecular flexibility index (Phi) is 5.60. The monoisotopic (exact) mass is 197 g/mol. The lowest BCUT2D eigenvalue weighted by Gasteiger charge is -2.24. The first kappa shape index (κ1) is 11.5. The van der Waals surface area contributed by atoms with Gasteiger partial charge in [-0.3, -0.25) is 9.89 Å². The van der Waals surface area contributed by atoms with Gasteiger partial charge in [-0.2, -0.15) is 0 Å². The van der Waals surface area contributed by atoms with Crippen LogP contribution in [-0.2, 0) is 0 Å². The highest BCUT2D eigenvalue weighted by atomic mass is 15.2. The number of aliphatic imine (C=N–C) groups is 1. The minimum absolute atomic E-state index is 1.01. The molecule has 0 radical (unpaired) electrons.